The lowest BCUT2D eigenvalue weighted by Gasteiger charge is -2.20. The van der Waals surface area contributed by atoms with Gasteiger partial charge in [-0.3, -0.25) is 5.32 Å². The Morgan fingerprint density at radius 1 is 1.53 bits per heavy atom. The van der Waals surface area contributed by atoms with Crippen molar-refractivity contribution in [2.45, 2.75) is 18.7 Å². The summed E-state index contributed by atoms with van der Waals surface area (Å²) in [5, 5.41) is 3.78. The second-order valence-electron chi connectivity index (χ2n) is 4.21. The van der Waals surface area contributed by atoms with E-state index in [4.69, 9.17) is 21.1 Å². The lowest BCUT2D eigenvalue weighted by molar-refractivity contribution is -0.147. The first kappa shape index (κ1) is 12.4. The summed E-state index contributed by atoms with van der Waals surface area (Å²) < 4.78 is 10.3. The number of benzene rings is 1. The molecule has 4 nitrogen and oxygen atoms in total. The third kappa shape index (κ3) is 2.44. The maximum absolute atomic E-state index is 11.6. The molecule has 2 atom stereocenters. The van der Waals surface area contributed by atoms with E-state index >= 15 is 0 Å². The summed E-state index contributed by atoms with van der Waals surface area (Å²) >= 11 is 5.81. The molecule has 0 aromatic heterocycles. The zero-order valence-corrected chi connectivity index (χ0v) is 10.5. The van der Waals surface area contributed by atoms with Gasteiger partial charge in [-0.1, -0.05) is 23.7 Å². The van der Waals surface area contributed by atoms with Gasteiger partial charge in [0.05, 0.1) is 13.7 Å². The van der Waals surface area contributed by atoms with Crippen LogP contribution in [-0.2, 0) is 14.3 Å². The maximum Gasteiger partial charge on any atom is 0.328 e. The molecule has 1 aliphatic rings. The van der Waals surface area contributed by atoms with Crippen LogP contribution < -0.4 is 5.32 Å². The minimum atomic E-state index is -0.793. The van der Waals surface area contributed by atoms with Gasteiger partial charge in [0.25, 0.3) is 0 Å². The van der Waals surface area contributed by atoms with Crippen LogP contribution in [0, 0.1) is 0 Å². The molecule has 1 aliphatic heterocycles. The molecule has 1 aromatic rings. The van der Waals surface area contributed by atoms with Gasteiger partial charge in [-0.05, 0) is 24.6 Å². The van der Waals surface area contributed by atoms with Gasteiger partial charge in [-0.25, -0.2) is 4.79 Å². The number of esters is 1. The summed E-state index contributed by atoms with van der Waals surface area (Å²) in [5.74, 6) is -0.325. The molecule has 1 fully saturated rings. The van der Waals surface area contributed by atoms with Crippen LogP contribution in [-0.4, -0.2) is 25.2 Å². The first-order valence-electron chi connectivity index (χ1n) is 5.28. The molecule has 2 rings (SSSR count). The van der Waals surface area contributed by atoms with E-state index < -0.39 is 5.54 Å². The number of methoxy groups -OCH3 is 1. The number of hydrogen-bond acceptors (Lipinski definition) is 4. The van der Waals surface area contributed by atoms with Crippen LogP contribution in [0.3, 0.4) is 0 Å². The molecule has 0 radical (unpaired) electrons. The zero-order valence-electron chi connectivity index (χ0n) is 9.70. The van der Waals surface area contributed by atoms with E-state index in [-0.39, 0.29) is 18.8 Å². The highest BCUT2D eigenvalue weighted by molar-refractivity contribution is 6.30. The number of nitrogens with one attached hydrogen (secondary N) is 1. The van der Waals surface area contributed by atoms with Gasteiger partial charge in [-0.2, -0.15) is 0 Å². The third-order valence-corrected chi connectivity index (χ3v) is 3.05. The van der Waals surface area contributed by atoms with Crippen molar-refractivity contribution in [3.8, 4) is 0 Å². The Labute approximate surface area is 105 Å². The molecule has 1 heterocycles. The lowest BCUT2D eigenvalue weighted by atomic mass is 10.1. The van der Waals surface area contributed by atoms with Crippen LogP contribution >= 0.6 is 11.6 Å². The van der Waals surface area contributed by atoms with Crippen molar-refractivity contribution in [2.24, 2.45) is 0 Å². The topological polar surface area (TPSA) is 47.6 Å². The molecular weight excluding hydrogens is 242 g/mol. The Balaban J connectivity index is 2.12. The Bertz CT molecular complexity index is 420. The molecular formula is C12H14ClNO3. The molecule has 0 saturated carbocycles. The second-order valence-corrected chi connectivity index (χ2v) is 4.65. The normalized spacial score (nSPS) is 28.1. The van der Waals surface area contributed by atoms with Gasteiger partial charge in [-0.15, -0.1) is 0 Å². The number of carbonyl (C=O) groups is 1. The minimum absolute atomic E-state index is 0.285. The van der Waals surface area contributed by atoms with Crippen LogP contribution in [0.5, 0.6) is 0 Å². The number of ether oxygens (including phenoxy) is 2. The van der Waals surface area contributed by atoms with Gasteiger partial charge in [0.2, 0.25) is 0 Å². The van der Waals surface area contributed by atoms with Crippen molar-refractivity contribution in [3.05, 3.63) is 34.9 Å². The van der Waals surface area contributed by atoms with E-state index in [0.29, 0.717) is 5.02 Å². The predicted molar refractivity (Wildman–Crippen MR) is 63.7 cm³/mol. The Hall–Kier alpha value is -1.10. The average Bonchev–Trinajstić information content (AvgIpc) is 2.73. The van der Waals surface area contributed by atoms with Crippen molar-refractivity contribution >= 4 is 17.6 Å². The number of carbonyl (C=O) groups excluding carboxylic acids is 1. The average molecular weight is 256 g/mol. The van der Waals surface area contributed by atoms with E-state index in [1.165, 1.54) is 7.11 Å². The molecule has 0 spiro atoms. The van der Waals surface area contributed by atoms with Gasteiger partial charge in [0.1, 0.15) is 11.8 Å². The highest BCUT2D eigenvalue weighted by Gasteiger charge is 2.43. The Kier molecular flexibility index (Phi) is 3.38. The Morgan fingerprint density at radius 3 is 2.76 bits per heavy atom. The van der Waals surface area contributed by atoms with Crippen molar-refractivity contribution in [3.63, 3.8) is 0 Å². The highest BCUT2D eigenvalue weighted by Crippen LogP contribution is 2.27. The molecule has 5 heteroatoms. The predicted octanol–water partition coefficient (Wildman–Crippen LogP) is 1.89. The molecule has 17 heavy (non-hydrogen) atoms. The summed E-state index contributed by atoms with van der Waals surface area (Å²) in [5.41, 5.74) is 0.140. The molecule has 0 amide bonds. The number of halogens is 1. The van der Waals surface area contributed by atoms with Gasteiger partial charge in [0.15, 0.2) is 0 Å². The van der Waals surface area contributed by atoms with E-state index in [9.17, 15) is 4.79 Å². The quantitative estimate of drug-likeness (QED) is 0.820. The maximum atomic E-state index is 11.6. The SMILES string of the molecule is COC(=O)C1(C)COC(c2ccc(Cl)cc2)N1. The summed E-state index contributed by atoms with van der Waals surface area (Å²) in [6.07, 6.45) is -0.309. The second kappa shape index (κ2) is 4.64. The van der Waals surface area contributed by atoms with Crippen molar-refractivity contribution in [1.29, 1.82) is 0 Å². The molecule has 1 aromatic carbocycles. The molecule has 0 bridgehead atoms. The van der Waals surface area contributed by atoms with Crippen molar-refractivity contribution < 1.29 is 14.3 Å². The molecule has 1 saturated heterocycles. The summed E-state index contributed by atoms with van der Waals surface area (Å²) in [4.78, 5) is 11.6. The molecule has 2 unspecified atom stereocenters. The fraction of sp³-hybridized carbons (Fsp3) is 0.417. The monoisotopic (exact) mass is 255 g/mol. The number of rotatable bonds is 2. The van der Waals surface area contributed by atoms with Crippen LogP contribution in [0.15, 0.2) is 24.3 Å². The lowest BCUT2D eigenvalue weighted by Crippen LogP contribution is -2.48. The zero-order chi connectivity index (χ0) is 12.5. The largest absolute Gasteiger partial charge is 0.468 e. The molecule has 92 valence electrons. The first-order valence-corrected chi connectivity index (χ1v) is 5.66. The van der Waals surface area contributed by atoms with E-state index in [1.54, 1.807) is 19.1 Å². The fourth-order valence-electron chi connectivity index (χ4n) is 1.78. The van der Waals surface area contributed by atoms with Crippen molar-refractivity contribution in [2.75, 3.05) is 13.7 Å². The van der Waals surface area contributed by atoms with Crippen molar-refractivity contribution in [1.82, 2.24) is 5.32 Å². The molecule has 1 N–H and O–H groups in total. The van der Waals surface area contributed by atoms with E-state index in [1.807, 2.05) is 12.1 Å². The first-order chi connectivity index (χ1) is 8.05. The van der Waals surface area contributed by atoms with Gasteiger partial charge >= 0.3 is 5.97 Å². The van der Waals surface area contributed by atoms with E-state index in [0.717, 1.165) is 5.56 Å². The van der Waals surface area contributed by atoms with Crippen LogP contribution in [0.4, 0.5) is 0 Å². The summed E-state index contributed by atoms with van der Waals surface area (Å²) in [7, 11) is 1.37. The highest BCUT2D eigenvalue weighted by atomic mass is 35.5. The minimum Gasteiger partial charge on any atom is -0.468 e. The smallest absolute Gasteiger partial charge is 0.328 e. The van der Waals surface area contributed by atoms with Crippen LogP contribution in [0.2, 0.25) is 5.02 Å². The Morgan fingerprint density at radius 2 is 2.18 bits per heavy atom. The van der Waals surface area contributed by atoms with Gasteiger partial charge in [0, 0.05) is 5.02 Å². The van der Waals surface area contributed by atoms with Crippen LogP contribution in [0.1, 0.15) is 18.7 Å². The van der Waals surface area contributed by atoms with E-state index in [2.05, 4.69) is 5.32 Å². The van der Waals surface area contributed by atoms with Gasteiger partial charge < -0.3 is 9.47 Å². The molecule has 0 aliphatic carbocycles. The summed E-state index contributed by atoms with van der Waals surface area (Å²) in [6.45, 7) is 2.04. The number of hydrogen-bond donors (Lipinski definition) is 1. The standard InChI is InChI=1S/C12H14ClNO3/c1-12(11(15)16-2)7-17-10(14-12)8-3-5-9(13)6-4-8/h3-6,10,14H,7H2,1-2H3. The van der Waals surface area contributed by atoms with Crippen LogP contribution in [0.25, 0.3) is 0 Å². The summed E-state index contributed by atoms with van der Waals surface area (Å²) in [6, 6.07) is 7.30. The third-order valence-electron chi connectivity index (χ3n) is 2.80. The fourth-order valence-corrected chi connectivity index (χ4v) is 1.91.